The summed E-state index contributed by atoms with van der Waals surface area (Å²) < 4.78 is 1.64. The van der Waals surface area contributed by atoms with E-state index < -0.39 is 0 Å². The Morgan fingerprint density at radius 1 is 1.19 bits per heavy atom. The molecule has 6 heteroatoms. The molecule has 0 bridgehead atoms. The Kier molecular flexibility index (Phi) is 4.30. The third-order valence-corrected chi connectivity index (χ3v) is 3.52. The van der Waals surface area contributed by atoms with Crippen molar-refractivity contribution >= 4 is 29.1 Å². The van der Waals surface area contributed by atoms with Gasteiger partial charge in [-0.1, -0.05) is 23.2 Å². The van der Waals surface area contributed by atoms with Crippen molar-refractivity contribution in [2.24, 2.45) is 0 Å². The van der Waals surface area contributed by atoms with Gasteiger partial charge in [-0.2, -0.15) is 5.10 Å². The maximum absolute atomic E-state index is 12.2. The highest BCUT2D eigenvalue weighted by Gasteiger charge is 2.23. The van der Waals surface area contributed by atoms with Crippen molar-refractivity contribution < 1.29 is 4.79 Å². The topological polar surface area (TPSA) is 46.9 Å². The molecule has 2 aromatic rings. The number of aromatic nitrogens is 2. The average molecular weight is 326 g/mol. The fourth-order valence-electron chi connectivity index (χ4n) is 1.86. The van der Waals surface area contributed by atoms with Gasteiger partial charge in [0.2, 0.25) is 0 Å². The Hall–Kier alpha value is -1.52. The summed E-state index contributed by atoms with van der Waals surface area (Å²) in [6.45, 7) is 7.53. The van der Waals surface area contributed by atoms with Crippen LogP contribution in [0.5, 0.6) is 0 Å². The lowest BCUT2D eigenvalue weighted by atomic mass is 10.1. The van der Waals surface area contributed by atoms with Crippen molar-refractivity contribution in [3.05, 3.63) is 45.7 Å². The molecule has 21 heavy (non-hydrogen) atoms. The van der Waals surface area contributed by atoms with Gasteiger partial charge in [0.25, 0.3) is 5.91 Å². The summed E-state index contributed by atoms with van der Waals surface area (Å²) >= 11 is 12.1. The van der Waals surface area contributed by atoms with Crippen LogP contribution in [0.3, 0.4) is 0 Å². The number of carbonyl (C=O) groups excluding carboxylic acids is 1. The van der Waals surface area contributed by atoms with Gasteiger partial charge in [0.05, 0.1) is 16.4 Å². The van der Waals surface area contributed by atoms with E-state index in [9.17, 15) is 4.79 Å². The summed E-state index contributed by atoms with van der Waals surface area (Å²) in [6.07, 6.45) is 0. The Morgan fingerprint density at radius 3 is 2.29 bits per heavy atom. The molecule has 0 fully saturated rings. The third kappa shape index (κ3) is 3.57. The van der Waals surface area contributed by atoms with Crippen LogP contribution in [-0.4, -0.2) is 21.2 Å². The van der Waals surface area contributed by atoms with Crippen LogP contribution in [0, 0.1) is 6.92 Å². The predicted molar refractivity (Wildman–Crippen MR) is 85.5 cm³/mol. The largest absolute Gasteiger partial charge is 0.346 e. The first-order valence-corrected chi connectivity index (χ1v) is 7.28. The molecule has 0 unspecified atom stereocenters. The van der Waals surface area contributed by atoms with Crippen molar-refractivity contribution in [2.75, 3.05) is 0 Å². The second kappa shape index (κ2) is 5.70. The van der Waals surface area contributed by atoms with E-state index >= 15 is 0 Å². The molecule has 1 aromatic carbocycles. The van der Waals surface area contributed by atoms with E-state index in [2.05, 4.69) is 10.4 Å². The molecule has 112 valence electrons. The predicted octanol–water partition coefficient (Wildman–Crippen LogP) is 4.02. The Balaban J connectivity index is 2.41. The minimum Gasteiger partial charge on any atom is -0.346 e. The lowest BCUT2D eigenvalue weighted by Gasteiger charge is -2.19. The molecular formula is C15H17Cl2N3O. The molecule has 0 saturated heterocycles. The molecule has 4 nitrogen and oxygen atoms in total. The first kappa shape index (κ1) is 15.9. The van der Waals surface area contributed by atoms with Gasteiger partial charge in [-0.25, -0.2) is 4.68 Å². The number of hydrogen-bond acceptors (Lipinski definition) is 2. The smallest absolute Gasteiger partial charge is 0.273 e. The maximum Gasteiger partial charge on any atom is 0.273 e. The van der Waals surface area contributed by atoms with Gasteiger partial charge in [-0.15, -0.1) is 0 Å². The minimum atomic E-state index is -0.349. The molecule has 1 amide bonds. The van der Waals surface area contributed by atoms with Crippen molar-refractivity contribution in [3.63, 3.8) is 0 Å². The van der Waals surface area contributed by atoms with Crippen molar-refractivity contribution in [1.82, 2.24) is 15.1 Å². The maximum atomic E-state index is 12.2. The summed E-state index contributed by atoms with van der Waals surface area (Å²) in [5.41, 5.74) is 1.38. The highest BCUT2D eigenvalue weighted by molar-refractivity contribution is 6.34. The van der Waals surface area contributed by atoms with Gasteiger partial charge < -0.3 is 5.32 Å². The van der Waals surface area contributed by atoms with Gasteiger partial charge in [-0.05, 0) is 52.0 Å². The second-order valence-corrected chi connectivity index (χ2v) is 6.65. The van der Waals surface area contributed by atoms with Gasteiger partial charge in [-0.3, -0.25) is 4.79 Å². The van der Waals surface area contributed by atoms with E-state index in [-0.39, 0.29) is 17.1 Å². The van der Waals surface area contributed by atoms with E-state index in [1.54, 1.807) is 16.8 Å². The number of hydrogen-bond donors (Lipinski definition) is 1. The standard InChI is InChI=1S/C15H17Cl2N3O/c1-9-12(17)13(14(21)18-15(2,3)4)19-20(9)11-7-5-10(16)6-8-11/h5-8H,1-4H3,(H,18,21). The van der Waals surface area contributed by atoms with Crippen molar-refractivity contribution in [3.8, 4) is 5.69 Å². The zero-order valence-electron chi connectivity index (χ0n) is 12.4. The number of nitrogens with one attached hydrogen (secondary N) is 1. The lowest BCUT2D eigenvalue weighted by molar-refractivity contribution is 0.0914. The van der Waals surface area contributed by atoms with E-state index in [1.807, 2.05) is 39.8 Å². The first-order chi connectivity index (χ1) is 9.69. The van der Waals surface area contributed by atoms with Crippen molar-refractivity contribution in [1.29, 1.82) is 0 Å². The molecule has 0 atom stereocenters. The second-order valence-electron chi connectivity index (χ2n) is 5.84. The fraction of sp³-hybridized carbons (Fsp3) is 0.333. The van der Waals surface area contributed by atoms with Crippen LogP contribution in [0.1, 0.15) is 37.0 Å². The number of carbonyl (C=O) groups is 1. The molecule has 0 aliphatic carbocycles. The van der Waals surface area contributed by atoms with E-state index in [1.165, 1.54) is 0 Å². The monoisotopic (exact) mass is 325 g/mol. The molecule has 0 saturated carbocycles. The SMILES string of the molecule is Cc1c(Cl)c(C(=O)NC(C)(C)C)nn1-c1ccc(Cl)cc1. The average Bonchev–Trinajstić information content (AvgIpc) is 2.66. The van der Waals surface area contributed by atoms with Gasteiger partial charge in [0.1, 0.15) is 0 Å². The first-order valence-electron chi connectivity index (χ1n) is 6.52. The normalized spacial score (nSPS) is 11.5. The van der Waals surface area contributed by atoms with E-state index in [4.69, 9.17) is 23.2 Å². The van der Waals surface area contributed by atoms with E-state index in [0.29, 0.717) is 15.7 Å². The number of benzene rings is 1. The number of rotatable bonds is 2. The summed E-state index contributed by atoms with van der Waals surface area (Å²) in [4.78, 5) is 12.2. The Labute approximate surface area is 134 Å². The van der Waals surface area contributed by atoms with Gasteiger partial charge >= 0.3 is 0 Å². The molecule has 1 aromatic heterocycles. The van der Waals surface area contributed by atoms with Gasteiger partial charge in [0, 0.05) is 10.6 Å². The molecule has 1 N–H and O–H groups in total. The van der Waals surface area contributed by atoms with Crippen molar-refractivity contribution in [2.45, 2.75) is 33.2 Å². The van der Waals surface area contributed by atoms with Crippen LogP contribution >= 0.6 is 23.2 Å². The quantitative estimate of drug-likeness (QED) is 0.906. The molecule has 2 rings (SSSR count). The zero-order valence-corrected chi connectivity index (χ0v) is 13.9. The fourth-order valence-corrected chi connectivity index (χ4v) is 2.19. The molecular weight excluding hydrogens is 309 g/mol. The van der Waals surface area contributed by atoms with Crippen LogP contribution in [-0.2, 0) is 0 Å². The molecule has 1 heterocycles. The Morgan fingerprint density at radius 2 is 1.76 bits per heavy atom. The van der Waals surface area contributed by atoms with Crippen LogP contribution < -0.4 is 5.32 Å². The van der Waals surface area contributed by atoms with Gasteiger partial charge in [0.15, 0.2) is 5.69 Å². The third-order valence-electron chi connectivity index (χ3n) is 2.82. The summed E-state index contributed by atoms with van der Waals surface area (Å²) in [5.74, 6) is -0.289. The minimum absolute atomic E-state index is 0.221. The number of halogens is 2. The van der Waals surface area contributed by atoms with E-state index in [0.717, 1.165) is 5.69 Å². The Bertz CT molecular complexity index is 669. The number of nitrogens with zero attached hydrogens (tertiary/aromatic N) is 2. The lowest BCUT2D eigenvalue weighted by Crippen LogP contribution is -2.40. The number of amides is 1. The molecule has 0 spiro atoms. The highest BCUT2D eigenvalue weighted by atomic mass is 35.5. The van der Waals surface area contributed by atoms with Crippen LogP contribution in [0.2, 0.25) is 10.0 Å². The molecule has 0 aliphatic heterocycles. The summed E-state index contributed by atoms with van der Waals surface area (Å²) in [7, 11) is 0. The summed E-state index contributed by atoms with van der Waals surface area (Å²) in [5, 5.41) is 8.17. The summed E-state index contributed by atoms with van der Waals surface area (Å²) in [6, 6.07) is 7.18. The zero-order chi connectivity index (χ0) is 15.8. The van der Waals surface area contributed by atoms with Crippen LogP contribution in [0.25, 0.3) is 5.69 Å². The highest BCUT2D eigenvalue weighted by Crippen LogP contribution is 2.24. The molecule has 0 radical (unpaired) electrons. The molecule has 0 aliphatic rings. The van der Waals surface area contributed by atoms with Crippen LogP contribution in [0.15, 0.2) is 24.3 Å². The van der Waals surface area contributed by atoms with Crippen LogP contribution in [0.4, 0.5) is 0 Å².